The SMILES string of the molecule is CSc1cc(-c2cc(NCCc3cc4ccsc4cc3C)ncn2)ccc1C(=O)O. The van der Waals surface area contributed by atoms with Gasteiger partial charge in [-0.3, -0.25) is 0 Å². The first kappa shape index (κ1) is 20.4. The van der Waals surface area contributed by atoms with E-state index >= 15 is 0 Å². The number of benzene rings is 2. The number of hydrogen-bond donors (Lipinski definition) is 2. The quantitative estimate of drug-likeness (QED) is 0.361. The molecule has 0 saturated heterocycles. The Labute approximate surface area is 183 Å². The molecule has 2 aromatic heterocycles. The Hall–Kier alpha value is -2.90. The second-order valence-corrected chi connectivity index (χ2v) is 8.72. The second kappa shape index (κ2) is 8.85. The predicted molar refractivity (Wildman–Crippen MR) is 125 cm³/mol. The molecule has 0 saturated carbocycles. The maximum absolute atomic E-state index is 11.4. The minimum Gasteiger partial charge on any atom is -0.478 e. The van der Waals surface area contributed by atoms with E-state index in [1.54, 1.807) is 23.5 Å². The number of carboxylic acids is 1. The Balaban J connectivity index is 1.48. The summed E-state index contributed by atoms with van der Waals surface area (Å²) in [5, 5.41) is 16.1. The molecule has 0 bridgehead atoms. The average Bonchev–Trinajstić information content (AvgIpc) is 3.20. The van der Waals surface area contributed by atoms with Crippen LogP contribution in [-0.4, -0.2) is 33.8 Å². The van der Waals surface area contributed by atoms with Crippen molar-refractivity contribution in [2.24, 2.45) is 0 Å². The highest BCUT2D eigenvalue weighted by Crippen LogP contribution is 2.28. The van der Waals surface area contributed by atoms with Gasteiger partial charge in [0.05, 0.1) is 11.3 Å². The topological polar surface area (TPSA) is 75.1 Å². The molecule has 0 aliphatic heterocycles. The Morgan fingerprint density at radius 2 is 2.03 bits per heavy atom. The van der Waals surface area contributed by atoms with Crippen LogP contribution in [0.3, 0.4) is 0 Å². The molecular formula is C23H21N3O2S2. The molecule has 0 aliphatic rings. The van der Waals surface area contributed by atoms with Crippen LogP contribution in [0.5, 0.6) is 0 Å². The Morgan fingerprint density at radius 3 is 2.83 bits per heavy atom. The van der Waals surface area contributed by atoms with Crippen molar-refractivity contribution in [3.63, 3.8) is 0 Å². The summed E-state index contributed by atoms with van der Waals surface area (Å²) in [5.74, 6) is -0.172. The van der Waals surface area contributed by atoms with E-state index in [9.17, 15) is 9.90 Å². The zero-order chi connectivity index (χ0) is 21.1. The van der Waals surface area contributed by atoms with Crippen LogP contribution < -0.4 is 5.32 Å². The standard InChI is InChI=1S/C23H21N3O2S2/c1-14-9-20-17(6-8-30-20)10-15(14)5-7-24-22-12-19(25-13-26-22)16-3-4-18(23(27)28)21(11-16)29-2/h3-4,6,8-13H,5,7H2,1-2H3,(H,27,28)(H,24,25,26). The first-order valence-corrected chi connectivity index (χ1v) is 11.6. The number of nitrogens with one attached hydrogen (secondary N) is 1. The summed E-state index contributed by atoms with van der Waals surface area (Å²) in [6.45, 7) is 2.92. The maximum atomic E-state index is 11.4. The normalized spacial score (nSPS) is 11.0. The molecule has 5 nitrogen and oxygen atoms in total. The van der Waals surface area contributed by atoms with Crippen LogP contribution in [0.15, 0.2) is 59.1 Å². The largest absolute Gasteiger partial charge is 0.478 e. The van der Waals surface area contributed by atoms with Crippen LogP contribution in [0.25, 0.3) is 21.3 Å². The summed E-state index contributed by atoms with van der Waals surface area (Å²) >= 11 is 3.18. The molecule has 0 unspecified atom stereocenters. The van der Waals surface area contributed by atoms with Gasteiger partial charge in [-0.15, -0.1) is 23.1 Å². The Kier molecular flexibility index (Phi) is 6.01. The molecule has 4 aromatic rings. The molecule has 0 atom stereocenters. The molecule has 7 heteroatoms. The highest BCUT2D eigenvalue weighted by atomic mass is 32.2. The van der Waals surface area contributed by atoms with Gasteiger partial charge in [-0.1, -0.05) is 6.07 Å². The van der Waals surface area contributed by atoms with Crippen LogP contribution in [0.1, 0.15) is 21.5 Å². The van der Waals surface area contributed by atoms with Crippen LogP contribution in [0.4, 0.5) is 5.82 Å². The van der Waals surface area contributed by atoms with E-state index in [0.29, 0.717) is 10.5 Å². The number of fused-ring (bicyclic) bond motifs is 1. The minimum absolute atomic E-state index is 0.302. The summed E-state index contributed by atoms with van der Waals surface area (Å²) in [6, 6.07) is 13.8. The summed E-state index contributed by atoms with van der Waals surface area (Å²) in [7, 11) is 0. The van der Waals surface area contributed by atoms with Gasteiger partial charge < -0.3 is 10.4 Å². The lowest BCUT2D eigenvalue weighted by atomic mass is 10.0. The van der Waals surface area contributed by atoms with E-state index in [2.05, 4.69) is 45.8 Å². The number of carboxylic acid groups (broad SMARTS) is 1. The number of nitrogens with zero attached hydrogens (tertiary/aromatic N) is 2. The maximum Gasteiger partial charge on any atom is 0.336 e. The van der Waals surface area contributed by atoms with Gasteiger partial charge in [-0.25, -0.2) is 14.8 Å². The Bertz CT molecular complexity index is 1220. The summed E-state index contributed by atoms with van der Waals surface area (Å²) < 4.78 is 1.32. The van der Waals surface area contributed by atoms with Crippen molar-refractivity contribution in [1.82, 2.24) is 9.97 Å². The lowest BCUT2D eigenvalue weighted by Crippen LogP contribution is -2.07. The van der Waals surface area contributed by atoms with Gasteiger partial charge in [0.2, 0.25) is 0 Å². The van der Waals surface area contributed by atoms with Crippen molar-refractivity contribution in [2.75, 3.05) is 18.1 Å². The van der Waals surface area contributed by atoms with Gasteiger partial charge >= 0.3 is 5.97 Å². The van der Waals surface area contributed by atoms with E-state index in [-0.39, 0.29) is 0 Å². The number of hydrogen-bond acceptors (Lipinski definition) is 6. The third kappa shape index (κ3) is 4.32. The lowest BCUT2D eigenvalue weighted by molar-refractivity contribution is 0.0693. The summed E-state index contributed by atoms with van der Waals surface area (Å²) in [6.07, 6.45) is 4.30. The van der Waals surface area contributed by atoms with Crippen molar-refractivity contribution in [2.45, 2.75) is 18.2 Å². The molecule has 0 aliphatic carbocycles. The summed E-state index contributed by atoms with van der Waals surface area (Å²) in [4.78, 5) is 20.8. The van der Waals surface area contributed by atoms with Gasteiger partial charge in [0, 0.05) is 27.8 Å². The van der Waals surface area contributed by atoms with Gasteiger partial charge in [-0.05, 0) is 71.8 Å². The van der Waals surface area contributed by atoms with E-state index in [0.717, 1.165) is 30.0 Å². The molecule has 2 aromatic carbocycles. The van der Waals surface area contributed by atoms with Crippen LogP contribution >= 0.6 is 23.1 Å². The van der Waals surface area contributed by atoms with Crippen molar-refractivity contribution in [1.29, 1.82) is 0 Å². The second-order valence-electron chi connectivity index (χ2n) is 6.92. The van der Waals surface area contributed by atoms with Gasteiger partial charge in [-0.2, -0.15) is 0 Å². The monoisotopic (exact) mass is 435 g/mol. The molecule has 30 heavy (non-hydrogen) atoms. The minimum atomic E-state index is -0.924. The zero-order valence-electron chi connectivity index (χ0n) is 16.7. The van der Waals surface area contributed by atoms with Gasteiger partial charge in [0.25, 0.3) is 0 Å². The average molecular weight is 436 g/mol. The molecule has 0 fully saturated rings. The van der Waals surface area contributed by atoms with E-state index in [4.69, 9.17) is 0 Å². The fourth-order valence-corrected chi connectivity index (χ4v) is 4.88. The number of aromatic carboxylic acids is 1. The van der Waals surface area contributed by atoms with E-state index < -0.39 is 5.97 Å². The van der Waals surface area contributed by atoms with Crippen LogP contribution in [-0.2, 0) is 6.42 Å². The number of aryl methyl sites for hydroxylation is 1. The molecule has 0 spiro atoms. The molecule has 2 heterocycles. The van der Waals surface area contributed by atoms with Crippen molar-refractivity contribution >= 4 is 45.0 Å². The fraction of sp³-hybridized carbons (Fsp3) is 0.174. The first-order chi connectivity index (χ1) is 14.5. The number of thioether (sulfide) groups is 1. The van der Waals surface area contributed by atoms with Crippen LogP contribution in [0.2, 0.25) is 0 Å². The number of aromatic nitrogens is 2. The highest BCUT2D eigenvalue weighted by molar-refractivity contribution is 7.98. The Morgan fingerprint density at radius 1 is 1.17 bits per heavy atom. The smallest absolute Gasteiger partial charge is 0.336 e. The first-order valence-electron chi connectivity index (χ1n) is 9.49. The third-order valence-corrected chi connectivity index (χ3v) is 6.66. The number of anilines is 1. The summed E-state index contributed by atoms with van der Waals surface area (Å²) in [5.41, 5.74) is 4.57. The number of carbonyl (C=O) groups is 1. The number of thiophene rings is 1. The van der Waals surface area contributed by atoms with Crippen molar-refractivity contribution < 1.29 is 9.90 Å². The van der Waals surface area contributed by atoms with Crippen molar-refractivity contribution in [3.05, 3.63) is 70.9 Å². The zero-order valence-corrected chi connectivity index (χ0v) is 18.3. The van der Waals surface area contributed by atoms with E-state index in [1.165, 1.54) is 39.3 Å². The fourth-order valence-electron chi connectivity index (χ4n) is 3.39. The number of rotatable bonds is 7. The van der Waals surface area contributed by atoms with Crippen molar-refractivity contribution in [3.8, 4) is 11.3 Å². The van der Waals surface area contributed by atoms with Gasteiger partial charge in [0.1, 0.15) is 12.1 Å². The molecule has 152 valence electrons. The molecular weight excluding hydrogens is 414 g/mol. The highest BCUT2D eigenvalue weighted by Gasteiger charge is 2.12. The molecule has 0 amide bonds. The molecule has 2 N–H and O–H groups in total. The van der Waals surface area contributed by atoms with Gasteiger partial charge in [0.15, 0.2) is 0 Å². The predicted octanol–water partition coefficient (Wildman–Crippen LogP) is 5.74. The molecule has 4 rings (SSSR count). The molecule has 0 radical (unpaired) electrons. The van der Waals surface area contributed by atoms with Crippen LogP contribution in [0, 0.1) is 6.92 Å². The third-order valence-electron chi connectivity index (χ3n) is 5.01. The lowest BCUT2D eigenvalue weighted by Gasteiger charge is -2.10. The van der Waals surface area contributed by atoms with E-state index in [1.807, 2.05) is 18.4 Å².